The average molecular weight is 368 g/mol. The number of para-hydroxylation sites is 2. The Morgan fingerprint density at radius 3 is 2.52 bits per heavy atom. The fourth-order valence-corrected chi connectivity index (χ4v) is 2.46. The van der Waals surface area contributed by atoms with Crippen LogP contribution in [0.4, 0.5) is 13.2 Å². The molecule has 3 aromatic rings. The van der Waals surface area contributed by atoms with Gasteiger partial charge in [0, 0.05) is 5.56 Å². The van der Waals surface area contributed by atoms with Crippen LogP contribution >= 0.6 is 0 Å². The van der Waals surface area contributed by atoms with Gasteiger partial charge in [-0.05, 0) is 30.3 Å². The minimum absolute atomic E-state index is 0.128. The summed E-state index contributed by atoms with van der Waals surface area (Å²) >= 11 is 0. The van der Waals surface area contributed by atoms with Crippen LogP contribution in [0.1, 0.15) is 5.56 Å². The predicted molar refractivity (Wildman–Crippen MR) is 79.8 cm³/mol. The molecule has 1 heterocycles. The van der Waals surface area contributed by atoms with Crippen molar-refractivity contribution in [3.63, 3.8) is 0 Å². The summed E-state index contributed by atoms with van der Waals surface area (Å²) < 4.78 is 68.8. The summed E-state index contributed by atoms with van der Waals surface area (Å²) in [5.41, 5.74) is -4.69. The van der Waals surface area contributed by atoms with E-state index in [0.29, 0.717) is 11.1 Å². The first-order valence-corrected chi connectivity index (χ1v) is 8.03. The first-order valence-electron chi connectivity index (χ1n) is 6.62. The van der Waals surface area contributed by atoms with E-state index in [-0.39, 0.29) is 11.5 Å². The third-order valence-electron chi connectivity index (χ3n) is 3.12. The van der Waals surface area contributed by atoms with Gasteiger partial charge in [0.15, 0.2) is 11.3 Å². The lowest BCUT2D eigenvalue weighted by atomic mass is 10.1. The lowest BCUT2D eigenvalue weighted by molar-refractivity contribution is -0.0500. The van der Waals surface area contributed by atoms with Crippen LogP contribution in [-0.4, -0.2) is 18.9 Å². The molecule has 1 aromatic heterocycles. The molecule has 0 N–H and O–H groups in total. The predicted octanol–water partition coefficient (Wildman–Crippen LogP) is 3.59. The molecule has 0 aliphatic rings. The first kappa shape index (κ1) is 16.8. The minimum atomic E-state index is -5.87. The monoisotopic (exact) mass is 368 g/mol. The molecule has 0 aliphatic heterocycles. The Labute approximate surface area is 139 Å². The Balaban J connectivity index is 2.02. The topological polar surface area (TPSA) is 93.2 Å². The maximum absolute atomic E-state index is 12.4. The van der Waals surface area contributed by atoms with Crippen LogP contribution in [0.5, 0.6) is 5.75 Å². The quantitative estimate of drug-likeness (QED) is 0.518. The second kappa shape index (κ2) is 5.78. The Bertz CT molecular complexity index is 1060. The number of alkyl halides is 3. The SMILES string of the molecule is N#Cc1cc(-c2nc3ccccc3o2)ccc1OS(=O)(=O)C(F)(F)F. The fourth-order valence-electron chi connectivity index (χ4n) is 1.98. The highest BCUT2D eigenvalue weighted by Gasteiger charge is 2.48. The van der Waals surface area contributed by atoms with E-state index in [1.807, 2.05) is 0 Å². The number of hydrogen-bond acceptors (Lipinski definition) is 6. The lowest BCUT2D eigenvalue weighted by Gasteiger charge is -2.10. The number of nitriles is 1. The summed E-state index contributed by atoms with van der Waals surface area (Å²) in [5.74, 6) is -0.609. The number of fused-ring (bicyclic) bond motifs is 1. The maximum atomic E-state index is 12.4. The number of oxazole rings is 1. The molecule has 25 heavy (non-hydrogen) atoms. The van der Waals surface area contributed by atoms with E-state index in [0.717, 1.165) is 12.1 Å². The van der Waals surface area contributed by atoms with Gasteiger partial charge in [-0.25, -0.2) is 4.98 Å². The molecule has 0 saturated heterocycles. The van der Waals surface area contributed by atoms with Gasteiger partial charge in [0.1, 0.15) is 11.6 Å². The van der Waals surface area contributed by atoms with E-state index in [1.165, 1.54) is 6.07 Å². The van der Waals surface area contributed by atoms with E-state index in [2.05, 4.69) is 9.17 Å². The van der Waals surface area contributed by atoms with E-state index in [9.17, 15) is 21.6 Å². The Hall–Kier alpha value is -3.06. The highest BCUT2D eigenvalue weighted by Crippen LogP contribution is 2.32. The third kappa shape index (κ3) is 3.14. The summed E-state index contributed by atoms with van der Waals surface area (Å²) in [5, 5.41) is 9.07. The molecule has 6 nitrogen and oxygen atoms in total. The summed E-state index contributed by atoms with van der Waals surface area (Å²) in [4.78, 5) is 4.19. The summed E-state index contributed by atoms with van der Waals surface area (Å²) in [6, 6.07) is 11.7. The van der Waals surface area contributed by atoms with Gasteiger partial charge in [-0.3, -0.25) is 0 Å². The van der Waals surface area contributed by atoms with Crippen molar-refractivity contribution in [3.8, 4) is 23.3 Å². The molecular weight excluding hydrogens is 361 g/mol. The number of nitrogens with zero attached hydrogens (tertiary/aromatic N) is 2. The van der Waals surface area contributed by atoms with Crippen molar-refractivity contribution < 1.29 is 30.2 Å². The zero-order chi connectivity index (χ0) is 18.2. The van der Waals surface area contributed by atoms with Crippen LogP contribution in [-0.2, 0) is 10.1 Å². The highest BCUT2D eigenvalue weighted by molar-refractivity contribution is 7.88. The second-order valence-electron chi connectivity index (χ2n) is 4.79. The molecule has 0 unspecified atom stereocenters. The molecule has 0 aliphatic carbocycles. The zero-order valence-corrected chi connectivity index (χ0v) is 12.9. The van der Waals surface area contributed by atoms with Gasteiger partial charge >= 0.3 is 15.6 Å². The lowest BCUT2D eigenvalue weighted by Crippen LogP contribution is -2.28. The van der Waals surface area contributed by atoms with Crippen molar-refractivity contribution >= 4 is 21.2 Å². The molecule has 0 bridgehead atoms. The molecule has 0 amide bonds. The van der Waals surface area contributed by atoms with Gasteiger partial charge in [-0.15, -0.1) is 0 Å². The number of hydrogen-bond donors (Lipinski definition) is 0. The maximum Gasteiger partial charge on any atom is 0.534 e. The normalized spacial score (nSPS) is 12.1. The van der Waals surface area contributed by atoms with Gasteiger partial charge < -0.3 is 8.60 Å². The largest absolute Gasteiger partial charge is 0.534 e. The summed E-state index contributed by atoms with van der Waals surface area (Å²) in [7, 11) is -5.87. The smallest absolute Gasteiger partial charge is 0.436 e. The van der Waals surface area contributed by atoms with E-state index in [1.54, 1.807) is 30.3 Å². The van der Waals surface area contributed by atoms with Crippen LogP contribution in [0, 0.1) is 11.3 Å². The zero-order valence-electron chi connectivity index (χ0n) is 12.1. The van der Waals surface area contributed by atoms with E-state index in [4.69, 9.17) is 9.68 Å². The van der Waals surface area contributed by atoms with Gasteiger partial charge in [0.05, 0.1) is 5.56 Å². The summed E-state index contributed by atoms with van der Waals surface area (Å²) in [6.45, 7) is 0. The third-order valence-corrected chi connectivity index (χ3v) is 4.09. The Morgan fingerprint density at radius 2 is 1.88 bits per heavy atom. The molecule has 10 heteroatoms. The van der Waals surface area contributed by atoms with Gasteiger partial charge in [-0.2, -0.15) is 26.9 Å². The fraction of sp³-hybridized carbons (Fsp3) is 0.0667. The number of halogens is 3. The molecule has 128 valence electrons. The molecule has 0 atom stereocenters. The van der Waals surface area contributed by atoms with Crippen LogP contribution in [0.2, 0.25) is 0 Å². The van der Waals surface area contributed by atoms with Crippen molar-refractivity contribution in [2.75, 3.05) is 0 Å². The Morgan fingerprint density at radius 1 is 1.16 bits per heavy atom. The van der Waals surface area contributed by atoms with E-state index >= 15 is 0 Å². The van der Waals surface area contributed by atoms with Gasteiger partial charge in [0.25, 0.3) is 0 Å². The van der Waals surface area contributed by atoms with Gasteiger partial charge in [-0.1, -0.05) is 12.1 Å². The molecule has 0 radical (unpaired) electrons. The molecular formula is C15H7F3N2O4S. The van der Waals surface area contributed by atoms with Crippen LogP contribution in [0.15, 0.2) is 46.9 Å². The number of benzene rings is 2. The number of aromatic nitrogens is 1. The molecule has 3 rings (SSSR count). The average Bonchev–Trinajstić information content (AvgIpc) is 2.98. The molecule has 2 aromatic carbocycles. The molecule has 0 fully saturated rings. The van der Waals surface area contributed by atoms with Crippen molar-refractivity contribution in [2.24, 2.45) is 0 Å². The Kier molecular flexibility index (Phi) is 3.88. The first-order chi connectivity index (χ1) is 11.7. The van der Waals surface area contributed by atoms with Crippen molar-refractivity contribution in [1.82, 2.24) is 4.98 Å². The minimum Gasteiger partial charge on any atom is -0.436 e. The highest BCUT2D eigenvalue weighted by atomic mass is 32.2. The van der Waals surface area contributed by atoms with Crippen molar-refractivity contribution in [1.29, 1.82) is 5.26 Å². The van der Waals surface area contributed by atoms with Crippen LogP contribution < -0.4 is 4.18 Å². The van der Waals surface area contributed by atoms with Crippen LogP contribution in [0.3, 0.4) is 0 Å². The number of rotatable bonds is 3. The van der Waals surface area contributed by atoms with Gasteiger partial charge in [0.2, 0.25) is 5.89 Å². The van der Waals surface area contributed by atoms with Crippen LogP contribution in [0.25, 0.3) is 22.6 Å². The standard InChI is InChI=1S/C15H7F3N2O4S/c16-15(17,18)25(21,22)24-12-6-5-9(7-10(12)8-19)14-20-11-3-1-2-4-13(11)23-14/h1-7H. The molecule has 0 saturated carbocycles. The van der Waals surface area contributed by atoms with Crippen molar-refractivity contribution in [3.05, 3.63) is 48.0 Å². The molecule has 0 spiro atoms. The van der Waals surface area contributed by atoms with E-state index < -0.39 is 26.9 Å². The van der Waals surface area contributed by atoms with Crippen molar-refractivity contribution in [2.45, 2.75) is 5.51 Å². The summed E-state index contributed by atoms with van der Waals surface area (Å²) in [6.07, 6.45) is 0. The second-order valence-corrected chi connectivity index (χ2v) is 6.33.